The molecule has 2 heterocycles. The van der Waals surface area contributed by atoms with Crippen LogP contribution in [0.5, 0.6) is 0 Å². The molecule has 27 heavy (non-hydrogen) atoms. The quantitative estimate of drug-likeness (QED) is 0.578. The second-order valence-electron chi connectivity index (χ2n) is 6.04. The van der Waals surface area contributed by atoms with E-state index in [9.17, 15) is 9.18 Å². The molecule has 2 aromatic heterocycles. The Bertz CT molecular complexity index is 945. The zero-order valence-corrected chi connectivity index (χ0v) is 16.0. The monoisotopic (exact) mass is 388 g/mol. The van der Waals surface area contributed by atoms with E-state index >= 15 is 0 Å². The molecule has 0 aliphatic rings. The van der Waals surface area contributed by atoms with Crippen molar-refractivity contribution in [2.24, 2.45) is 0 Å². The third-order valence-corrected chi connectivity index (χ3v) is 5.29. The molecule has 8 heteroatoms. The largest absolute Gasteiger partial charge is 0.385 e. The molecule has 6 nitrogen and oxygen atoms in total. The normalized spacial score (nSPS) is 10.9. The van der Waals surface area contributed by atoms with Crippen LogP contribution in [-0.4, -0.2) is 36.1 Å². The minimum atomic E-state index is -0.277. The van der Waals surface area contributed by atoms with Crippen LogP contribution in [0.25, 0.3) is 10.2 Å². The van der Waals surface area contributed by atoms with Crippen molar-refractivity contribution in [3.05, 3.63) is 52.4 Å². The van der Waals surface area contributed by atoms with Gasteiger partial charge in [0.15, 0.2) is 0 Å². The molecule has 0 spiro atoms. The molecule has 0 unspecified atom stereocenters. The number of anilines is 1. The maximum Gasteiger partial charge on any atom is 0.261 e. The molecule has 0 bridgehead atoms. The summed E-state index contributed by atoms with van der Waals surface area (Å²) in [6.07, 6.45) is 2.22. The molecule has 0 atom stereocenters. The van der Waals surface area contributed by atoms with Crippen molar-refractivity contribution in [1.29, 1.82) is 0 Å². The lowest BCUT2D eigenvalue weighted by Crippen LogP contribution is -2.24. The van der Waals surface area contributed by atoms with Gasteiger partial charge in [0.05, 0.1) is 10.3 Å². The number of rotatable bonds is 8. The van der Waals surface area contributed by atoms with E-state index in [1.54, 1.807) is 13.2 Å². The first kappa shape index (κ1) is 19.2. The summed E-state index contributed by atoms with van der Waals surface area (Å²) in [6, 6.07) is 6.40. The minimum Gasteiger partial charge on any atom is -0.385 e. The number of hydrogen-bond donors (Lipinski definition) is 2. The van der Waals surface area contributed by atoms with Crippen molar-refractivity contribution in [2.75, 3.05) is 25.6 Å². The van der Waals surface area contributed by atoms with E-state index < -0.39 is 0 Å². The van der Waals surface area contributed by atoms with Gasteiger partial charge in [0.25, 0.3) is 5.91 Å². The summed E-state index contributed by atoms with van der Waals surface area (Å²) in [5.41, 5.74) is 1.65. The van der Waals surface area contributed by atoms with E-state index in [1.165, 1.54) is 29.8 Å². The summed E-state index contributed by atoms with van der Waals surface area (Å²) in [4.78, 5) is 22.4. The van der Waals surface area contributed by atoms with Crippen LogP contribution in [0.3, 0.4) is 0 Å². The molecule has 0 saturated heterocycles. The van der Waals surface area contributed by atoms with Gasteiger partial charge in [0.1, 0.15) is 22.8 Å². The lowest BCUT2D eigenvalue weighted by molar-refractivity contribution is 0.0952. The Hall–Kier alpha value is -2.58. The van der Waals surface area contributed by atoms with Gasteiger partial charge < -0.3 is 15.4 Å². The lowest BCUT2D eigenvalue weighted by atomic mass is 10.2. The van der Waals surface area contributed by atoms with Crippen LogP contribution < -0.4 is 10.6 Å². The highest BCUT2D eigenvalue weighted by Gasteiger charge is 2.19. The molecule has 0 aliphatic carbocycles. The van der Waals surface area contributed by atoms with Crippen LogP contribution in [0.2, 0.25) is 0 Å². The van der Waals surface area contributed by atoms with Gasteiger partial charge >= 0.3 is 0 Å². The summed E-state index contributed by atoms with van der Waals surface area (Å²) in [5, 5.41) is 6.95. The standard InChI is InChI=1S/C19H21FN4O2S/c1-12-15-17(22-10-13-5-3-6-14(20)9-13)23-11-24-19(15)27-16(12)18(25)21-7-4-8-26-2/h3,5-6,9,11H,4,7-8,10H2,1-2H3,(H,21,25)(H,22,23,24). The highest BCUT2D eigenvalue weighted by atomic mass is 32.1. The predicted octanol–water partition coefficient (Wildman–Crippen LogP) is 3.52. The van der Waals surface area contributed by atoms with E-state index in [1.807, 2.05) is 13.0 Å². The summed E-state index contributed by atoms with van der Waals surface area (Å²) in [5.74, 6) is 0.236. The number of aromatic nitrogens is 2. The molecule has 3 aromatic rings. The molecule has 0 radical (unpaired) electrons. The third-order valence-electron chi connectivity index (χ3n) is 4.09. The van der Waals surface area contributed by atoms with Crippen molar-refractivity contribution in [3.8, 4) is 0 Å². The van der Waals surface area contributed by atoms with Crippen LogP contribution in [0.4, 0.5) is 10.2 Å². The van der Waals surface area contributed by atoms with Crippen molar-refractivity contribution >= 4 is 33.3 Å². The zero-order chi connectivity index (χ0) is 19.2. The maximum absolute atomic E-state index is 13.3. The number of nitrogens with one attached hydrogen (secondary N) is 2. The molecular formula is C19H21FN4O2S. The van der Waals surface area contributed by atoms with Crippen molar-refractivity contribution in [2.45, 2.75) is 19.9 Å². The van der Waals surface area contributed by atoms with Gasteiger partial charge in [-0.2, -0.15) is 0 Å². The van der Waals surface area contributed by atoms with Gasteiger partial charge in [-0.05, 0) is 36.6 Å². The Morgan fingerprint density at radius 3 is 2.96 bits per heavy atom. The fourth-order valence-corrected chi connectivity index (χ4v) is 3.82. The average Bonchev–Trinajstić information content (AvgIpc) is 3.01. The number of nitrogens with zero attached hydrogens (tertiary/aromatic N) is 2. The van der Waals surface area contributed by atoms with Gasteiger partial charge in [0, 0.05) is 26.8 Å². The maximum atomic E-state index is 13.3. The Balaban J connectivity index is 1.79. The number of methoxy groups -OCH3 is 1. The molecular weight excluding hydrogens is 367 g/mol. The first-order chi connectivity index (χ1) is 13.1. The summed E-state index contributed by atoms with van der Waals surface area (Å²) >= 11 is 1.34. The van der Waals surface area contributed by atoms with Gasteiger partial charge in [-0.3, -0.25) is 4.79 Å². The number of carbonyl (C=O) groups excluding carboxylic acids is 1. The molecule has 0 aliphatic heterocycles. The minimum absolute atomic E-state index is 0.123. The Morgan fingerprint density at radius 2 is 2.19 bits per heavy atom. The fourth-order valence-electron chi connectivity index (χ4n) is 2.75. The Labute approximate surface area is 160 Å². The average molecular weight is 388 g/mol. The number of amides is 1. The van der Waals surface area contributed by atoms with E-state index in [2.05, 4.69) is 20.6 Å². The van der Waals surface area contributed by atoms with E-state index in [0.29, 0.717) is 30.4 Å². The Kier molecular flexibility index (Phi) is 6.31. The van der Waals surface area contributed by atoms with Crippen LogP contribution in [0, 0.1) is 12.7 Å². The smallest absolute Gasteiger partial charge is 0.261 e. The van der Waals surface area contributed by atoms with Gasteiger partial charge in [0.2, 0.25) is 0 Å². The zero-order valence-electron chi connectivity index (χ0n) is 15.2. The van der Waals surface area contributed by atoms with Gasteiger partial charge in [-0.1, -0.05) is 12.1 Å². The molecule has 1 amide bonds. The molecule has 0 fully saturated rings. The molecule has 3 rings (SSSR count). The fraction of sp³-hybridized carbons (Fsp3) is 0.316. The number of halogens is 1. The van der Waals surface area contributed by atoms with Gasteiger partial charge in [-0.15, -0.1) is 11.3 Å². The number of fused-ring (bicyclic) bond motifs is 1. The van der Waals surface area contributed by atoms with E-state index in [4.69, 9.17) is 4.74 Å². The topological polar surface area (TPSA) is 76.1 Å². The number of benzene rings is 1. The number of hydrogen-bond acceptors (Lipinski definition) is 6. The van der Waals surface area contributed by atoms with Crippen LogP contribution in [-0.2, 0) is 11.3 Å². The van der Waals surface area contributed by atoms with Crippen LogP contribution in [0.15, 0.2) is 30.6 Å². The summed E-state index contributed by atoms with van der Waals surface area (Å²) < 4.78 is 18.3. The molecule has 142 valence electrons. The lowest BCUT2D eigenvalue weighted by Gasteiger charge is -2.08. The first-order valence-corrected chi connectivity index (χ1v) is 9.41. The third kappa shape index (κ3) is 4.58. The number of ether oxygens (including phenoxy) is 1. The highest BCUT2D eigenvalue weighted by molar-refractivity contribution is 7.20. The number of thiophene rings is 1. The van der Waals surface area contributed by atoms with E-state index in [0.717, 1.165) is 27.8 Å². The Morgan fingerprint density at radius 1 is 1.33 bits per heavy atom. The van der Waals surface area contributed by atoms with Crippen molar-refractivity contribution in [3.63, 3.8) is 0 Å². The first-order valence-electron chi connectivity index (χ1n) is 8.59. The SMILES string of the molecule is COCCCNC(=O)c1sc2ncnc(NCc3cccc(F)c3)c2c1C. The van der Waals surface area contributed by atoms with Crippen LogP contribution >= 0.6 is 11.3 Å². The van der Waals surface area contributed by atoms with Gasteiger partial charge in [-0.25, -0.2) is 14.4 Å². The predicted molar refractivity (Wildman–Crippen MR) is 105 cm³/mol. The highest BCUT2D eigenvalue weighted by Crippen LogP contribution is 2.33. The molecule has 0 saturated carbocycles. The number of carbonyl (C=O) groups is 1. The molecule has 1 aromatic carbocycles. The number of aryl methyl sites for hydroxylation is 1. The van der Waals surface area contributed by atoms with Crippen LogP contribution in [0.1, 0.15) is 27.2 Å². The van der Waals surface area contributed by atoms with E-state index in [-0.39, 0.29) is 11.7 Å². The summed E-state index contributed by atoms with van der Waals surface area (Å²) in [7, 11) is 1.63. The van der Waals surface area contributed by atoms with Crippen molar-refractivity contribution in [1.82, 2.24) is 15.3 Å². The summed E-state index contributed by atoms with van der Waals surface area (Å²) in [6.45, 7) is 3.47. The second kappa shape index (κ2) is 8.88. The van der Waals surface area contributed by atoms with Crippen molar-refractivity contribution < 1.29 is 13.9 Å². The molecule has 2 N–H and O–H groups in total. The second-order valence-corrected chi connectivity index (χ2v) is 7.04.